The lowest BCUT2D eigenvalue weighted by Gasteiger charge is -2.44. The van der Waals surface area contributed by atoms with Gasteiger partial charge in [-0.05, 0) is 70.4 Å². The number of rotatable bonds is 9. The van der Waals surface area contributed by atoms with E-state index in [0.29, 0.717) is 12.8 Å². The van der Waals surface area contributed by atoms with Crippen molar-refractivity contribution in [3.05, 3.63) is 156 Å². The molecule has 6 heteroatoms. The van der Waals surface area contributed by atoms with E-state index in [1.807, 2.05) is 109 Å². The summed E-state index contributed by atoms with van der Waals surface area (Å²) in [5, 5.41) is 15.1. The Hall–Kier alpha value is -4.49. The molecular weight excluding hydrogens is 599 g/mol. The first-order valence-corrected chi connectivity index (χ1v) is 17.8. The van der Waals surface area contributed by atoms with Gasteiger partial charge in [-0.15, -0.1) is 0 Å². The van der Waals surface area contributed by atoms with Gasteiger partial charge in [0.25, 0.3) is 9.04 Å². The summed E-state index contributed by atoms with van der Waals surface area (Å²) in [6, 6.07) is 45.6. The van der Waals surface area contributed by atoms with E-state index in [1.165, 1.54) is 5.56 Å². The number of carbonyl (C=O) groups excluding carboxylic acids is 1. The van der Waals surface area contributed by atoms with Crippen molar-refractivity contribution < 1.29 is 19.1 Å². The van der Waals surface area contributed by atoms with Crippen LogP contribution in [0, 0.1) is 5.92 Å². The Balaban J connectivity index is 1.32. The van der Waals surface area contributed by atoms with Crippen molar-refractivity contribution in [3.63, 3.8) is 0 Å². The predicted octanol–water partition coefficient (Wildman–Crippen LogP) is 7.88. The fraction of sp³-hybridized carbons (Fsp3) is 0.244. The molecule has 5 aromatic rings. The fourth-order valence-electron chi connectivity index (χ4n) is 6.59. The van der Waals surface area contributed by atoms with Crippen molar-refractivity contribution >= 4 is 36.9 Å². The van der Waals surface area contributed by atoms with Gasteiger partial charge in [0, 0.05) is 11.5 Å². The smallest absolute Gasteiger partial charge is 0.418 e. The molecule has 239 valence electrons. The summed E-state index contributed by atoms with van der Waals surface area (Å²) in [6.07, 6.45) is 1.49. The molecule has 1 aliphatic carbocycles. The summed E-state index contributed by atoms with van der Waals surface area (Å²) in [7, 11) is -1.87. The molecular formula is C41H42NO4Si. The number of anilines is 2. The number of hydrogen-bond donors (Lipinski definition) is 1. The molecule has 5 nitrogen and oxygen atoms in total. The van der Waals surface area contributed by atoms with E-state index in [0.717, 1.165) is 39.3 Å². The summed E-state index contributed by atoms with van der Waals surface area (Å²) in [5.74, 6) is -1.88. The van der Waals surface area contributed by atoms with E-state index in [4.69, 9.17) is 9.16 Å². The van der Waals surface area contributed by atoms with Crippen molar-refractivity contribution in [2.75, 3.05) is 11.5 Å². The molecule has 0 aliphatic heterocycles. The third kappa shape index (κ3) is 7.10. The van der Waals surface area contributed by atoms with Gasteiger partial charge in [0.1, 0.15) is 0 Å². The van der Waals surface area contributed by atoms with Crippen LogP contribution in [0.15, 0.2) is 140 Å². The average Bonchev–Trinajstić information content (AvgIpc) is 3.09. The van der Waals surface area contributed by atoms with Crippen LogP contribution in [0.3, 0.4) is 0 Å². The maximum Gasteiger partial charge on any atom is 0.418 e. The third-order valence-corrected chi connectivity index (χ3v) is 11.1. The van der Waals surface area contributed by atoms with Crippen LogP contribution in [0.1, 0.15) is 50.3 Å². The second-order valence-corrected chi connectivity index (χ2v) is 15.1. The summed E-state index contributed by atoms with van der Waals surface area (Å²) >= 11 is 0. The largest absolute Gasteiger partial charge is 0.449 e. The zero-order valence-electron chi connectivity index (χ0n) is 27.3. The molecule has 0 fully saturated rings. The Morgan fingerprint density at radius 3 is 1.79 bits per heavy atom. The molecule has 0 saturated carbocycles. The lowest BCUT2D eigenvalue weighted by atomic mass is 9.72. The van der Waals surface area contributed by atoms with Crippen LogP contribution in [-0.4, -0.2) is 26.8 Å². The van der Waals surface area contributed by atoms with Gasteiger partial charge < -0.3 is 14.3 Å². The molecule has 0 heterocycles. The van der Waals surface area contributed by atoms with Gasteiger partial charge in [0.2, 0.25) is 0 Å². The average molecular weight is 641 g/mol. The topological polar surface area (TPSA) is 59.0 Å². The molecule has 1 N–H and O–H groups in total. The predicted molar refractivity (Wildman–Crippen MR) is 191 cm³/mol. The first-order chi connectivity index (χ1) is 22.8. The van der Waals surface area contributed by atoms with Crippen LogP contribution in [-0.2, 0) is 26.8 Å². The normalized spacial score (nSPS) is 17.6. The van der Waals surface area contributed by atoms with E-state index in [2.05, 4.69) is 51.1 Å². The van der Waals surface area contributed by atoms with Crippen LogP contribution in [0.5, 0.6) is 0 Å². The molecule has 0 aromatic heterocycles. The lowest BCUT2D eigenvalue weighted by molar-refractivity contribution is -0.199. The Bertz CT molecular complexity index is 1680. The van der Waals surface area contributed by atoms with Crippen LogP contribution in [0.2, 0.25) is 0 Å². The van der Waals surface area contributed by atoms with Crippen molar-refractivity contribution in [1.29, 1.82) is 0 Å². The Morgan fingerprint density at radius 1 is 0.766 bits per heavy atom. The molecule has 0 spiro atoms. The minimum Gasteiger partial charge on any atom is -0.449 e. The number of nitrogens with zero attached hydrogens (tertiary/aromatic N) is 1. The Labute approximate surface area is 280 Å². The Morgan fingerprint density at radius 2 is 1.28 bits per heavy atom. The molecule has 5 aromatic carbocycles. The van der Waals surface area contributed by atoms with Crippen molar-refractivity contribution in [2.24, 2.45) is 5.92 Å². The quantitative estimate of drug-likeness (QED) is 0.132. The summed E-state index contributed by atoms with van der Waals surface area (Å²) < 4.78 is 13.1. The molecule has 0 saturated heterocycles. The van der Waals surface area contributed by atoms with Crippen LogP contribution in [0.4, 0.5) is 16.2 Å². The van der Waals surface area contributed by atoms with E-state index >= 15 is 0 Å². The maximum absolute atomic E-state index is 13.7. The highest BCUT2D eigenvalue weighted by Crippen LogP contribution is 2.45. The van der Waals surface area contributed by atoms with E-state index in [9.17, 15) is 9.90 Å². The van der Waals surface area contributed by atoms with Crippen molar-refractivity contribution in [1.82, 2.24) is 0 Å². The summed E-state index contributed by atoms with van der Waals surface area (Å²) in [5.41, 5.74) is 4.54. The Kier molecular flexibility index (Phi) is 9.73. The molecule has 0 bridgehead atoms. The first-order valence-electron chi connectivity index (χ1n) is 16.3. The van der Waals surface area contributed by atoms with Crippen LogP contribution >= 0.6 is 0 Å². The van der Waals surface area contributed by atoms with E-state index < -0.39 is 20.9 Å². The van der Waals surface area contributed by atoms with Gasteiger partial charge in [-0.2, -0.15) is 0 Å². The zero-order valence-corrected chi connectivity index (χ0v) is 28.3. The number of para-hydroxylation sites is 2. The van der Waals surface area contributed by atoms with Gasteiger partial charge in [0.15, 0.2) is 5.79 Å². The number of amides is 1. The minimum atomic E-state index is -1.87. The van der Waals surface area contributed by atoms with Crippen molar-refractivity contribution in [2.45, 2.75) is 51.2 Å². The highest BCUT2D eigenvalue weighted by molar-refractivity contribution is 6.80. The lowest BCUT2D eigenvalue weighted by Crippen LogP contribution is -2.54. The third-order valence-electron chi connectivity index (χ3n) is 8.90. The number of fused-ring (bicyclic) bond motifs is 1. The van der Waals surface area contributed by atoms with Gasteiger partial charge in [0.05, 0.1) is 18.0 Å². The highest BCUT2D eigenvalue weighted by atomic mass is 28.3. The second kappa shape index (κ2) is 14.1. The number of benzene rings is 5. The molecule has 47 heavy (non-hydrogen) atoms. The summed E-state index contributed by atoms with van der Waals surface area (Å²) in [4.78, 5) is 15.2. The van der Waals surface area contributed by atoms with Gasteiger partial charge in [-0.25, -0.2) is 9.69 Å². The van der Waals surface area contributed by atoms with E-state index in [-0.39, 0.29) is 17.9 Å². The highest BCUT2D eigenvalue weighted by Gasteiger charge is 2.47. The van der Waals surface area contributed by atoms with Gasteiger partial charge in [-0.3, -0.25) is 0 Å². The maximum atomic E-state index is 13.7. The number of carbonyl (C=O) groups is 1. The molecule has 1 aliphatic rings. The van der Waals surface area contributed by atoms with Crippen LogP contribution < -0.4 is 15.3 Å². The molecule has 2 unspecified atom stereocenters. The molecule has 6 rings (SSSR count). The summed E-state index contributed by atoms with van der Waals surface area (Å²) in [6.45, 7) is 6.77. The monoisotopic (exact) mass is 640 g/mol. The van der Waals surface area contributed by atoms with Crippen molar-refractivity contribution in [3.8, 4) is 0 Å². The number of hydrogen-bond acceptors (Lipinski definition) is 4. The minimum absolute atomic E-state index is 0.0976. The first kappa shape index (κ1) is 32.4. The molecule has 1 radical (unpaired) electrons. The van der Waals surface area contributed by atoms with E-state index in [1.54, 1.807) is 4.90 Å². The molecule has 2 atom stereocenters. The standard InChI is InChI=1S/C41H42NO4Si/c1-40(2,3)37-25-16-26-38-36(37)28-27-31(41(38,44)46-47(34-21-12-6-13-22-34)35-23-14-7-15-24-35)29-30-45-39(43)42(32-17-8-4-9-18-32)33-19-10-5-11-20-33/h4-26,31,44H,27-30H2,1-3H3. The van der Waals surface area contributed by atoms with Gasteiger partial charge in [-0.1, -0.05) is 136 Å². The SMILES string of the molecule is CC(C)(C)c1cccc2c1CCC(CCOC(=O)N(c1ccccc1)c1ccccc1)C2(O)O[Si](c1ccccc1)c1ccccc1. The zero-order chi connectivity index (χ0) is 32.9. The number of ether oxygens (including phenoxy) is 1. The second-order valence-electron chi connectivity index (χ2n) is 13.1. The van der Waals surface area contributed by atoms with Crippen LogP contribution in [0.25, 0.3) is 0 Å². The fourth-order valence-corrected chi connectivity index (χ4v) is 8.74. The molecule has 1 amide bonds. The van der Waals surface area contributed by atoms with Gasteiger partial charge >= 0.3 is 6.09 Å². The number of aliphatic hydroxyl groups is 1.